The highest BCUT2D eigenvalue weighted by Gasteiger charge is 2.21. The zero-order valence-corrected chi connectivity index (χ0v) is 10.3. The van der Waals surface area contributed by atoms with Gasteiger partial charge < -0.3 is 10.5 Å². The van der Waals surface area contributed by atoms with Crippen LogP contribution in [0, 0.1) is 18.6 Å². The molecule has 19 heavy (non-hydrogen) atoms. The maximum Gasteiger partial charge on any atom is 0.360 e. The first-order valence-corrected chi connectivity index (χ1v) is 5.34. The summed E-state index contributed by atoms with van der Waals surface area (Å²) in [6, 6.07) is 2.94. The summed E-state index contributed by atoms with van der Waals surface area (Å²) in [5, 5.41) is 0. The predicted molar refractivity (Wildman–Crippen MR) is 64.0 cm³/mol. The number of carbonyl (C=O) groups excluding carboxylic acids is 1. The van der Waals surface area contributed by atoms with Crippen LogP contribution in [0.4, 0.5) is 14.6 Å². The first-order chi connectivity index (χ1) is 8.95. The summed E-state index contributed by atoms with van der Waals surface area (Å²) in [4.78, 5) is 15.3. The molecule has 1 aromatic carbocycles. The lowest BCUT2D eigenvalue weighted by Crippen LogP contribution is -2.08. The molecule has 0 bridgehead atoms. The van der Waals surface area contributed by atoms with Crippen LogP contribution in [0.5, 0.6) is 0 Å². The number of rotatable bonds is 2. The van der Waals surface area contributed by atoms with Gasteiger partial charge in [0.15, 0.2) is 5.69 Å². The molecular weight excluding hydrogens is 256 g/mol. The minimum atomic E-state index is -0.740. The van der Waals surface area contributed by atoms with Gasteiger partial charge in [-0.05, 0) is 19.1 Å². The molecule has 0 spiro atoms. The number of ether oxygens (including phenoxy) is 1. The summed E-state index contributed by atoms with van der Waals surface area (Å²) >= 11 is 0. The van der Waals surface area contributed by atoms with Gasteiger partial charge in [-0.3, -0.25) is 4.57 Å². The van der Waals surface area contributed by atoms with Crippen LogP contribution >= 0.6 is 0 Å². The van der Waals surface area contributed by atoms with E-state index in [-0.39, 0.29) is 23.0 Å². The fourth-order valence-corrected chi connectivity index (χ4v) is 1.76. The minimum absolute atomic E-state index is 0.103. The monoisotopic (exact) mass is 267 g/mol. The molecule has 7 heteroatoms. The van der Waals surface area contributed by atoms with Gasteiger partial charge in [-0.2, -0.15) is 0 Å². The average Bonchev–Trinajstić information content (AvgIpc) is 2.67. The number of nitrogens with zero attached hydrogens (tertiary/aromatic N) is 2. The number of anilines is 1. The molecule has 2 N–H and O–H groups in total. The van der Waals surface area contributed by atoms with E-state index in [1.807, 2.05) is 0 Å². The van der Waals surface area contributed by atoms with Crippen molar-refractivity contribution in [1.82, 2.24) is 9.55 Å². The van der Waals surface area contributed by atoms with Gasteiger partial charge in [0.2, 0.25) is 0 Å². The molecule has 0 amide bonds. The average molecular weight is 267 g/mol. The highest BCUT2D eigenvalue weighted by atomic mass is 19.1. The Kier molecular flexibility index (Phi) is 3.20. The number of hydrogen-bond acceptors (Lipinski definition) is 4. The molecule has 0 unspecified atom stereocenters. The van der Waals surface area contributed by atoms with Crippen molar-refractivity contribution in [2.45, 2.75) is 6.92 Å². The van der Waals surface area contributed by atoms with Crippen molar-refractivity contribution in [3.8, 4) is 5.69 Å². The summed E-state index contributed by atoms with van der Waals surface area (Å²) in [6.07, 6.45) is 0. The van der Waals surface area contributed by atoms with Crippen LogP contribution in [0.2, 0.25) is 0 Å². The normalized spacial score (nSPS) is 10.5. The second-order valence-corrected chi connectivity index (χ2v) is 3.82. The van der Waals surface area contributed by atoms with E-state index in [2.05, 4.69) is 9.72 Å². The van der Waals surface area contributed by atoms with E-state index in [1.54, 1.807) is 0 Å². The molecule has 5 nitrogen and oxygen atoms in total. The van der Waals surface area contributed by atoms with Crippen LogP contribution in [0.3, 0.4) is 0 Å². The van der Waals surface area contributed by atoms with Gasteiger partial charge in [0.1, 0.15) is 23.3 Å². The molecule has 100 valence electrons. The Hall–Kier alpha value is -2.44. The maximum absolute atomic E-state index is 13.7. The van der Waals surface area contributed by atoms with E-state index in [1.165, 1.54) is 14.0 Å². The maximum atomic E-state index is 13.7. The van der Waals surface area contributed by atoms with Gasteiger partial charge >= 0.3 is 5.97 Å². The Bertz CT molecular complexity index is 653. The predicted octanol–water partition coefficient (Wildman–Crippen LogP) is 1.83. The second-order valence-electron chi connectivity index (χ2n) is 3.82. The Balaban J connectivity index is 2.66. The van der Waals surface area contributed by atoms with E-state index >= 15 is 0 Å². The van der Waals surface area contributed by atoms with E-state index < -0.39 is 17.6 Å². The summed E-state index contributed by atoms with van der Waals surface area (Å²) in [5.41, 5.74) is 5.49. The van der Waals surface area contributed by atoms with Gasteiger partial charge in [-0.25, -0.2) is 18.6 Å². The van der Waals surface area contributed by atoms with Crippen molar-refractivity contribution in [2.24, 2.45) is 0 Å². The fraction of sp³-hybridized carbons (Fsp3) is 0.167. The third-order valence-corrected chi connectivity index (χ3v) is 2.61. The molecule has 0 aliphatic heterocycles. The van der Waals surface area contributed by atoms with Crippen LogP contribution in [-0.2, 0) is 4.74 Å². The topological polar surface area (TPSA) is 70.1 Å². The smallest absolute Gasteiger partial charge is 0.360 e. The molecule has 0 aliphatic rings. The Morgan fingerprint density at radius 2 is 2.11 bits per heavy atom. The number of methoxy groups -OCH3 is 1. The van der Waals surface area contributed by atoms with Crippen molar-refractivity contribution >= 4 is 11.8 Å². The summed E-state index contributed by atoms with van der Waals surface area (Å²) < 4.78 is 32.6. The van der Waals surface area contributed by atoms with Crippen molar-refractivity contribution in [3.63, 3.8) is 0 Å². The van der Waals surface area contributed by atoms with Crippen LogP contribution in [0.1, 0.15) is 16.3 Å². The SMILES string of the molecule is COC(=O)c1nc(C)n(-c2cc(F)ccc2F)c1N. The molecule has 2 aromatic rings. The molecule has 0 saturated carbocycles. The molecule has 1 aromatic heterocycles. The third-order valence-electron chi connectivity index (χ3n) is 2.61. The lowest BCUT2D eigenvalue weighted by molar-refractivity contribution is 0.0596. The summed E-state index contributed by atoms with van der Waals surface area (Å²) in [7, 11) is 1.18. The Morgan fingerprint density at radius 3 is 2.74 bits per heavy atom. The lowest BCUT2D eigenvalue weighted by atomic mass is 10.3. The van der Waals surface area contributed by atoms with Crippen LogP contribution in [0.25, 0.3) is 5.69 Å². The number of benzene rings is 1. The highest BCUT2D eigenvalue weighted by molar-refractivity contribution is 5.92. The number of nitrogen functional groups attached to an aromatic ring is 1. The number of aromatic nitrogens is 2. The number of esters is 1. The van der Waals surface area contributed by atoms with E-state index in [4.69, 9.17) is 5.73 Å². The van der Waals surface area contributed by atoms with Gasteiger partial charge in [-0.15, -0.1) is 0 Å². The number of carbonyl (C=O) groups is 1. The Labute approximate surface area is 107 Å². The molecule has 0 aliphatic carbocycles. The molecule has 0 fully saturated rings. The molecule has 0 saturated heterocycles. The molecule has 1 heterocycles. The largest absolute Gasteiger partial charge is 0.464 e. The van der Waals surface area contributed by atoms with Gasteiger partial charge in [-0.1, -0.05) is 0 Å². The van der Waals surface area contributed by atoms with Crippen molar-refractivity contribution in [2.75, 3.05) is 12.8 Å². The van der Waals surface area contributed by atoms with Gasteiger partial charge in [0.05, 0.1) is 12.8 Å². The fourth-order valence-electron chi connectivity index (χ4n) is 1.76. The quantitative estimate of drug-likeness (QED) is 0.843. The van der Waals surface area contributed by atoms with E-state index in [9.17, 15) is 13.6 Å². The van der Waals surface area contributed by atoms with Crippen molar-refractivity contribution < 1.29 is 18.3 Å². The number of imidazole rings is 1. The first kappa shape index (κ1) is 13.0. The number of aryl methyl sites for hydroxylation is 1. The first-order valence-electron chi connectivity index (χ1n) is 5.34. The zero-order valence-electron chi connectivity index (χ0n) is 10.3. The van der Waals surface area contributed by atoms with Crippen LogP contribution in [0.15, 0.2) is 18.2 Å². The van der Waals surface area contributed by atoms with Gasteiger partial charge in [0, 0.05) is 6.07 Å². The summed E-state index contributed by atoms with van der Waals surface area (Å²) in [5.74, 6) is -1.89. The minimum Gasteiger partial charge on any atom is -0.464 e. The lowest BCUT2D eigenvalue weighted by Gasteiger charge is -2.08. The molecule has 0 radical (unpaired) electrons. The third kappa shape index (κ3) is 2.14. The van der Waals surface area contributed by atoms with Crippen LogP contribution < -0.4 is 5.73 Å². The second kappa shape index (κ2) is 4.68. The number of nitrogens with two attached hydrogens (primary N) is 1. The number of hydrogen-bond donors (Lipinski definition) is 1. The standard InChI is InChI=1S/C12H11F2N3O2/c1-6-16-10(12(18)19-2)11(15)17(6)9-5-7(13)3-4-8(9)14/h3-5H,15H2,1-2H3. The van der Waals surface area contributed by atoms with E-state index in [0.717, 1.165) is 22.8 Å². The van der Waals surface area contributed by atoms with Crippen molar-refractivity contribution in [1.29, 1.82) is 0 Å². The van der Waals surface area contributed by atoms with Crippen LogP contribution in [-0.4, -0.2) is 22.6 Å². The Morgan fingerprint density at radius 1 is 1.42 bits per heavy atom. The highest BCUT2D eigenvalue weighted by Crippen LogP contribution is 2.23. The van der Waals surface area contributed by atoms with Gasteiger partial charge in [0.25, 0.3) is 0 Å². The van der Waals surface area contributed by atoms with Crippen molar-refractivity contribution in [3.05, 3.63) is 41.4 Å². The zero-order chi connectivity index (χ0) is 14.2. The van der Waals surface area contributed by atoms with E-state index in [0.29, 0.717) is 0 Å². The number of halogens is 2. The summed E-state index contributed by atoms with van der Waals surface area (Å²) in [6.45, 7) is 1.52. The molecular formula is C12H11F2N3O2. The molecule has 2 rings (SSSR count). The molecule has 0 atom stereocenters.